The highest BCUT2D eigenvalue weighted by atomic mass is 16.5. The van der Waals surface area contributed by atoms with E-state index < -0.39 is 0 Å². The van der Waals surface area contributed by atoms with Gasteiger partial charge in [0.2, 0.25) is 5.91 Å². The van der Waals surface area contributed by atoms with E-state index in [0.717, 1.165) is 10.8 Å². The highest BCUT2D eigenvalue weighted by Gasteiger charge is 2.13. The second-order valence-electron chi connectivity index (χ2n) is 6.54. The molecule has 0 atom stereocenters. The number of ether oxygens (including phenoxy) is 1. The molecule has 0 radical (unpaired) electrons. The van der Waals surface area contributed by atoms with Gasteiger partial charge in [0, 0.05) is 23.5 Å². The summed E-state index contributed by atoms with van der Waals surface area (Å²) in [5.41, 5.74) is 1.47. The summed E-state index contributed by atoms with van der Waals surface area (Å²) in [5, 5.41) is 11.4. The van der Waals surface area contributed by atoms with Crippen molar-refractivity contribution in [3.8, 4) is 5.75 Å². The van der Waals surface area contributed by atoms with Crippen LogP contribution in [0.5, 0.6) is 5.75 Å². The molecule has 0 fully saturated rings. The van der Waals surface area contributed by atoms with Crippen LogP contribution in [0.25, 0.3) is 10.8 Å². The van der Waals surface area contributed by atoms with Gasteiger partial charge in [-0.1, -0.05) is 24.3 Å². The first-order valence-corrected chi connectivity index (χ1v) is 9.24. The largest absolute Gasteiger partial charge is 0.497 e. The zero-order valence-electron chi connectivity index (χ0n) is 16.2. The average Bonchev–Trinajstić information content (AvgIpc) is 3.20. The average molecular weight is 401 g/mol. The molecule has 8 nitrogen and oxygen atoms in total. The fourth-order valence-electron chi connectivity index (χ4n) is 3.03. The lowest BCUT2D eigenvalue weighted by molar-refractivity contribution is -0.116. The summed E-state index contributed by atoms with van der Waals surface area (Å²) in [4.78, 5) is 29.1. The zero-order chi connectivity index (χ0) is 20.9. The van der Waals surface area contributed by atoms with Gasteiger partial charge in [-0.25, -0.2) is 0 Å². The molecule has 2 aromatic carbocycles. The number of nitrogens with one attached hydrogen (secondary N) is 2. The second kappa shape index (κ2) is 8.44. The van der Waals surface area contributed by atoms with Crippen LogP contribution in [0.3, 0.4) is 0 Å². The van der Waals surface area contributed by atoms with Crippen LogP contribution < -0.4 is 15.4 Å². The number of carbonyl (C=O) groups excluding carboxylic acids is 2. The summed E-state index contributed by atoms with van der Waals surface area (Å²) in [6.45, 7) is 0.00835. The predicted molar refractivity (Wildman–Crippen MR) is 114 cm³/mol. The Balaban J connectivity index is 1.40. The summed E-state index contributed by atoms with van der Waals surface area (Å²) in [5.74, 6) is 0.132. The third-order valence-corrected chi connectivity index (χ3v) is 4.46. The van der Waals surface area contributed by atoms with E-state index in [1.165, 1.54) is 10.9 Å². The van der Waals surface area contributed by atoms with Gasteiger partial charge >= 0.3 is 0 Å². The Morgan fingerprint density at radius 2 is 1.80 bits per heavy atom. The standard InChI is InChI=1S/C22H19N5O3/c1-30-18-8-6-16(7-9-18)25-20(28)14-27-13-17(12-24-27)26-22(29)21-19-5-3-2-4-15(19)10-11-23-21/h2-13H,14H2,1H3,(H,25,28)(H,26,29). The van der Waals surface area contributed by atoms with Crippen LogP contribution in [0.4, 0.5) is 11.4 Å². The summed E-state index contributed by atoms with van der Waals surface area (Å²) in [6, 6.07) is 16.4. The van der Waals surface area contributed by atoms with Crippen LogP contribution in [0.1, 0.15) is 10.5 Å². The Bertz CT molecular complexity index is 1200. The van der Waals surface area contributed by atoms with E-state index in [1.807, 2.05) is 30.3 Å². The topological polar surface area (TPSA) is 98.1 Å². The fraction of sp³-hybridized carbons (Fsp3) is 0.0909. The van der Waals surface area contributed by atoms with Crippen LogP contribution in [-0.2, 0) is 11.3 Å². The van der Waals surface area contributed by atoms with Crippen LogP contribution in [0, 0.1) is 0 Å². The maximum Gasteiger partial charge on any atom is 0.274 e. The molecule has 0 aliphatic carbocycles. The van der Waals surface area contributed by atoms with Crippen molar-refractivity contribution in [2.45, 2.75) is 6.54 Å². The third kappa shape index (κ3) is 4.27. The van der Waals surface area contributed by atoms with E-state index in [2.05, 4.69) is 20.7 Å². The van der Waals surface area contributed by atoms with Crippen molar-refractivity contribution in [3.63, 3.8) is 0 Å². The molecule has 2 amide bonds. The molecule has 0 saturated heterocycles. The van der Waals surface area contributed by atoms with Crippen molar-refractivity contribution >= 4 is 34.0 Å². The smallest absolute Gasteiger partial charge is 0.274 e. The Morgan fingerprint density at radius 1 is 1.00 bits per heavy atom. The predicted octanol–water partition coefficient (Wildman–Crippen LogP) is 3.33. The Labute approximate surface area is 172 Å². The lowest BCUT2D eigenvalue weighted by Gasteiger charge is -2.07. The fourth-order valence-corrected chi connectivity index (χ4v) is 3.03. The number of nitrogens with zero attached hydrogens (tertiary/aromatic N) is 3. The molecule has 150 valence electrons. The van der Waals surface area contributed by atoms with Gasteiger partial charge in [-0.05, 0) is 35.7 Å². The SMILES string of the molecule is COc1ccc(NC(=O)Cn2cc(NC(=O)c3nccc4ccccc34)cn2)cc1. The van der Waals surface area contributed by atoms with E-state index in [1.54, 1.807) is 43.8 Å². The van der Waals surface area contributed by atoms with E-state index >= 15 is 0 Å². The molecule has 0 spiro atoms. The van der Waals surface area contributed by atoms with E-state index in [-0.39, 0.29) is 18.4 Å². The van der Waals surface area contributed by atoms with Crippen LogP contribution in [0.15, 0.2) is 73.2 Å². The van der Waals surface area contributed by atoms with Crippen LogP contribution in [0.2, 0.25) is 0 Å². The van der Waals surface area contributed by atoms with Gasteiger partial charge in [0.05, 0.1) is 19.0 Å². The van der Waals surface area contributed by atoms with Gasteiger partial charge in [-0.2, -0.15) is 5.10 Å². The summed E-state index contributed by atoms with van der Waals surface area (Å²) in [7, 11) is 1.58. The van der Waals surface area contributed by atoms with Crippen molar-refractivity contribution in [2.75, 3.05) is 17.7 Å². The van der Waals surface area contributed by atoms with Crippen molar-refractivity contribution in [1.82, 2.24) is 14.8 Å². The Kier molecular flexibility index (Phi) is 5.38. The van der Waals surface area contributed by atoms with Crippen molar-refractivity contribution in [3.05, 3.63) is 78.9 Å². The molecule has 2 N–H and O–H groups in total. The van der Waals surface area contributed by atoms with Crippen LogP contribution >= 0.6 is 0 Å². The number of fused-ring (bicyclic) bond motifs is 1. The van der Waals surface area contributed by atoms with Gasteiger partial charge in [0.15, 0.2) is 0 Å². The number of hydrogen-bond acceptors (Lipinski definition) is 5. The lowest BCUT2D eigenvalue weighted by atomic mass is 10.1. The first-order chi connectivity index (χ1) is 14.6. The number of benzene rings is 2. The highest BCUT2D eigenvalue weighted by molar-refractivity contribution is 6.11. The maximum atomic E-state index is 12.7. The monoisotopic (exact) mass is 401 g/mol. The third-order valence-electron chi connectivity index (χ3n) is 4.46. The van der Waals surface area contributed by atoms with Gasteiger partial charge in [-0.3, -0.25) is 19.3 Å². The first-order valence-electron chi connectivity index (χ1n) is 9.24. The molecule has 0 bridgehead atoms. The first kappa shape index (κ1) is 19.1. The Morgan fingerprint density at radius 3 is 2.60 bits per heavy atom. The number of methoxy groups -OCH3 is 1. The van der Waals surface area contributed by atoms with E-state index in [0.29, 0.717) is 22.8 Å². The van der Waals surface area contributed by atoms with Gasteiger partial charge in [-0.15, -0.1) is 0 Å². The lowest BCUT2D eigenvalue weighted by Crippen LogP contribution is -2.19. The summed E-state index contributed by atoms with van der Waals surface area (Å²) in [6.07, 6.45) is 4.69. The zero-order valence-corrected chi connectivity index (χ0v) is 16.2. The second-order valence-corrected chi connectivity index (χ2v) is 6.54. The van der Waals surface area contributed by atoms with Crippen molar-refractivity contribution < 1.29 is 14.3 Å². The molecule has 0 unspecified atom stereocenters. The normalized spacial score (nSPS) is 10.6. The minimum Gasteiger partial charge on any atom is -0.497 e. The van der Waals surface area contributed by atoms with E-state index in [4.69, 9.17) is 4.74 Å². The summed E-state index contributed by atoms with van der Waals surface area (Å²) < 4.78 is 6.54. The molecule has 0 saturated carbocycles. The van der Waals surface area contributed by atoms with Crippen molar-refractivity contribution in [1.29, 1.82) is 0 Å². The number of carbonyl (C=O) groups is 2. The quantitative estimate of drug-likeness (QED) is 0.516. The number of pyridine rings is 1. The molecular weight excluding hydrogens is 382 g/mol. The molecular formula is C22H19N5O3. The molecule has 2 aromatic heterocycles. The van der Waals surface area contributed by atoms with Gasteiger partial charge in [0.1, 0.15) is 18.0 Å². The van der Waals surface area contributed by atoms with Crippen molar-refractivity contribution in [2.24, 2.45) is 0 Å². The number of rotatable bonds is 6. The molecule has 4 aromatic rings. The van der Waals surface area contributed by atoms with Gasteiger partial charge in [0.25, 0.3) is 5.91 Å². The van der Waals surface area contributed by atoms with E-state index in [9.17, 15) is 9.59 Å². The van der Waals surface area contributed by atoms with Crippen LogP contribution in [-0.4, -0.2) is 33.7 Å². The molecule has 2 heterocycles. The molecule has 4 rings (SSSR count). The molecule has 0 aliphatic heterocycles. The molecule has 8 heteroatoms. The minimum absolute atomic E-state index is 0.00835. The summed E-state index contributed by atoms with van der Waals surface area (Å²) >= 11 is 0. The number of aromatic nitrogens is 3. The molecule has 30 heavy (non-hydrogen) atoms. The highest BCUT2D eigenvalue weighted by Crippen LogP contribution is 2.18. The minimum atomic E-state index is -0.339. The Hall–Kier alpha value is -4.20. The number of amides is 2. The number of anilines is 2. The van der Waals surface area contributed by atoms with Gasteiger partial charge < -0.3 is 15.4 Å². The maximum absolute atomic E-state index is 12.7. The number of hydrogen-bond donors (Lipinski definition) is 2. The molecule has 0 aliphatic rings.